The molecular formula is C43H39N3. The van der Waals surface area contributed by atoms with Gasteiger partial charge in [0.25, 0.3) is 0 Å². The summed E-state index contributed by atoms with van der Waals surface area (Å²) in [4.78, 5) is 14.7. The van der Waals surface area contributed by atoms with Gasteiger partial charge in [0.15, 0.2) is 17.5 Å². The predicted octanol–water partition coefficient (Wildman–Crippen LogP) is 11.4. The fourth-order valence-electron chi connectivity index (χ4n) is 6.14. The number of aromatic nitrogens is 3. The van der Waals surface area contributed by atoms with E-state index < -0.39 is 0 Å². The molecule has 1 heterocycles. The molecular weight excluding hydrogens is 558 g/mol. The summed E-state index contributed by atoms with van der Waals surface area (Å²) in [6.07, 6.45) is 15.2. The zero-order chi connectivity index (χ0) is 31.9. The Hall–Kier alpha value is -5.41. The SMILES string of the molecule is C=C/C=C1\C(=C/C)C(CC/C=C/c2cccc(-c3cccc(-c4nc(-c5ccccc5)nc(-c5ccccc5)n4)c3)c2)=CC1(C)C. The Kier molecular flexibility index (Phi) is 9.12. The average Bonchev–Trinajstić information content (AvgIpc) is 3.35. The molecule has 0 aliphatic heterocycles. The van der Waals surface area contributed by atoms with Crippen LogP contribution >= 0.6 is 0 Å². The molecule has 3 nitrogen and oxygen atoms in total. The molecule has 5 aromatic rings. The first-order valence-electron chi connectivity index (χ1n) is 15.9. The van der Waals surface area contributed by atoms with Crippen LogP contribution < -0.4 is 0 Å². The minimum Gasteiger partial charge on any atom is -0.208 e. The molecule has 4 aromatic carbocycles. The Morgan fingerprint density at radius 2 is 1.20 bits per heavy atom. The maximum absolute atomic E-state index is 4.92. The molecule has 0 radical (unpaired) electrons. The smallest absolute Gasteiger partial charge is 0.164 e. The van der Waals surface area contributed by atoms with Crippen molar-refractivity contribution in [3.63, 3.8) is 0 Å². The van der Waals surface area contributed by atoms with Gasteiger partial charge in [0.1, 0.15) is 0 Å². The molecule has 1 aromatic heterocycles. The van der Waals surface area contributed by atoms with Crippen molar-refractivity contribution in [1.82, 2.24) is 15.0 Å². The molecule has 226 valence electrons. The molecule has 3 heteroatoms. The molecule has 0 spiro atoms. The molecule has 0 bridgehead atoms. The molecule has 46 heavy (non-hydrogen) atoms. The highest BCUT2D eigenvalue weighted by Gasteiger charge is 2.31. The van der Waals surface area contributed by atoms with Gasteiger partial charge in [-0.15, -0.1) is 0 Å². The Morgan fingerprint density at radius 1 is 0.652 bits per heavy atom. The summed E-state index contributed by atoms with van der Waals surface area (Å²) < 4.78 is 0. The van der Waals surface area contributed by atoms with Crippen LogP contribution in [0.4, 0.5) is 0 Å². The Morgan fingerprint density at radius 3 is 1.80 bits per heavy atom. The molecule has 0 fully saturated rings. The first-order chi connectivity index (χ1) is 22.4. The van der Waals surface area contributed by atoms with Crippen molar-refractivity contribution >= 4 is 6.08 Å². The van der Waals surface area contributed by atoms with Crippen LogP contribution in [0.3, 0.4) is 0 Å². The lowest BCUT2D eigenvalue weighted by molar-refractivity contribution is 0.605. The third-order valence-corrected chi connectivity index (χ3v) is 8.37. The minimum atomic E-state index is 0.0332. The van der Waals surface area contributed by atoms with Crippen LogP contribution in [-0.2, 0) is 0 Å². The van der Waals surface area contributed by atoms with Gasteiger partial charge in [-0.05, 0) is 65.3 Å². The zero-order valence-electron chi connectivity index (χ0n) is 26.8. The number of allylic oxidation sites excluding steroid dienone is 8. The summed E-state index contributed by atoms with van der Waals surface area (Å²) in [5.41, 5.74) is 10.5. The van der Waals surface area contributed by atoms with Crippen LogP contribution in [0, 0.1) is 5.41 Å². The van der Waals surface area contributed by atoms with Gasteiger partial charge in [0.2, 0.25) is 0 Å². The van der Waals surface area contributed by atoms with E-state index in [0.717, 1.165) is 40.7 Å². The van der Waals surface area contributed by atoms with Gasteiger partial charge in [-0.3, -0.25) is 0 Å². The van der Waals surface area contributed by atoms with Crippen LogP contribution in [0.1, 0.15) is 39.2 Å². The highest BCUT2D eigenvalue weighted by atomic mass is 15.0. The summed E-state index contributed by atoms with van der Waals surface area (Å²) in [6, 6.07) is 37.3. The fraction of sp³-hybridized carbons (Fsp3) is 0.140. The van der Waals surface area contributed by atoms with Gasteiger partial charge in [0.05, 0.1) is 0 Å². The van der Waals surface area contributed by atoms with Gasteiger partial charge in [-0.2, -0.15) is 0 Å². The lowest BCUT2D eigenvalue weighted by Gasteiger charge is -2.18. The number of hydrogen-bond donors (Lipinski definition) is 0. The Labute approximate surface area is 273 Å². The van der Waals surface area contributed by atoms with E-state index in [9.17, 15) is 0 Å². The van der Waals surface area contributed by atoms with E-state index in [0.29, 0.717) is 17.5 Å². The summed E-state index contributed by atoms with van der Waals surface area (Å²) in [6.45, 7) is 10.6. The van der Waals surface area contributed by atoms with Crippen LogP contribution in [0.2, 0.25) is 0 Å². The lowest BCUT2D eigenvalue weighted by Crippen LogP contribution is -2.06. The van der Waals surface area contributed by atoms with E-state index in [1.807, 2.05) is 66.7 Å². The van der Waals surface area contributed by atoms with Gasteiger partial charge < -0.3 is 0 Å². The van der Waals surface area contributed by atoms with Gasteiger partial charge in [-0.25, -0.2) is 15.0 Å². The van der Waals surface area contributed by atoms with Crippen molar-refractivity contribution in [1.29, 1.82) is 0 Å². The largest absolute Gasteiger partial charge is 0.208 e. The second kappa shape index (κ2) is 13.7. The van der Waals surface area contributed by atoms with Crippen molar-refractivity contribution in [2.24, 2.45) is 5.41 Å². The Balaban J connectivity index is 1.24. The van der Waals surface area contributed by atoms with Gasteiger partial charge in [0, 0.05) is 22.1 Å². The van der Waals surface area contributed by atoms with Crippen molar-refractivity contribution in [3.8, 4) is 45.3 Å². The number of benzene rings is 4. The highest BCUT2D eigenvalue weighted by Crippen LogP contribution is 2.45. The van der Waals surface area contributed by atoms with Crippen LogP contribution in [0.15, 0.2) is 163 Å². The van der Waals surface area contributed by atoms with Crippen LogP contribution in [0.25, 0.3) is 51.4 Å². The molecule has 1 aliphatic rings. The number of hydrogen-bond acceptors (Lipinski definition) is 3. The van der Waals surface area contributed by atoms with E-state index in [-0.39, 0.29) is 5.41 Å². The predicted molar refractivity (Wildman–Crippen MR) is 194 cm³/mol. The molecule has 1 aliphatic carbocycles. The molecule has 0 saturated carbocycles. The maximum atomic E-state index is 4.92. The second-order valence-electron chi connectivity index (χ2n) is 12.1. The minimum absolute atomic E-state index is 0.0332. The third-order valence-electron chi connectivity index (χ3n) is 8.37. The molecule has 6 rings (SSSR count). The molecule has 0 atom stereocenters. The quantitative estimate of drug-likeness (QED) is 0.170. The lowest BCUT2D eigenvalue weighted by atomic mass is 9.85. The van der Waals surface area contributed by atoms with E-state index in [1.165, 1.54) is 22.3 Å². The van der Waals surface area contributed by atoms with Crippen molar-refractivity contribution in [3.05, 3.63) is 168 Å². The van der Waals surface area contributed by atoms with E-state index in [1.54, 1.807) is 0 Å². The molecule has 0 amide bonds. The first kappa shape index (κ1) is 30.6. The average molecular weight is 598 g/mol. The van der Waals surface area contributed by atoms with Crippen molar-refractivity contribution in [2.45, 2.75) is 33.6 Å². The van der Waals surface area contributed by atoms with E-state index in [4.69, 9.17) is 15.0 Å². The number of rotatable bonds is 9. The third kappa shape index (κ3) is 6.79. The molecule has 0 N–H and O–H groups in total. The molecule has 0 unspecified atom stereocenters. The second-order valence-corrected chi connectivity index (χ2v) is 12.1. The van der Waals surface area contributed by atoms with Crippen LogP contribution in [-0.4, -0.2) is 15.0 Å². The summed E-state index contributed by atoms with van der Waals surface area (Å²) in [7, 11) is 0. The monoisotopic (exact) mass is 597 g/mol. The summed E-state index contributed by atoms with van der Waals surface area (Å²) >= 11 is 0. The highest BCUT2D eigenvalue weighted by molar-refractivity contribution is 5.74. The van der Waals surface area contributed by atoms with Crippen molar-refractivity contribution < 1.29 is 0 Å². The summed E-state index contributed by atoms with van der Waals surface area (Å²) in [5, 5.41) is 0. The first-order valence-corrected chi connectivity index (χ1v) is 15.9. The topological polar surface area (TPSA) is 38.7 Å². The fourth-order valence-corrected chi connectivity index (χ4v) is 6.14. The van der Waals surface area contributed by atoms with E-state index >= 15 is 0 Å². The number of nitrogens with zero attached hydrogens (tertiary/aromatic N) is 3. The zero-order valence-corrected chi connectivity index (χ0v) is 26.8. The van der Waals surface area contributed by atoms with E-state index in [2.05, 4.69) is 106 Å². The van der Waals surface area contributed by atoms with Gasteiger partial charge >= 0.3 is 0 Å². The van der Waals surface area contributed by atoms with Gasteiger partial charge in [-0.1, -0.05) is 154 Å². The maximum Gasteiger partial charge on any atom is 0.164 e. The molecule has 0 saturated heterocycles. The summed E-state index contributed by atoms with van der Waals surface area (Å²) in [5.74, 6) is 1.98. The van der Waals surface area contributed by atoms with Crippen molar-refractivity contribution in [2.75, 3.05) is 0 Å². The Bertz CT molecular complexity index is 1920. The standard InChI is InChI=1S/C43H39N3/c1-5-17-39-38(6-2)37(30-43(39,3)4)24-14-13-18-31-19-15-25-34(28-31)35-26-16-27-36(29-35)42-45-40(32-20-9-7-10-21-32)44-41(46-42)33-22-11-8-12-23-33/h5-13,15-23,25-30H,1,14,24H2,2-4H3/b18-13+,38-6-,39-17+. The van der Waals surface area contributed by atoms with Crippen LogP contribution in [0.5, 0.6) is 0 Å². The normalized spacial score (nSPS) is 15.8.